The van der Waals surface area contributed by atoms with Crippen molar-refractivity contribution in [3.63, 3.8) is 0 Å². The molecule has 21 heavy (non-hydrogen) atoms. The topological polar surface area (TPSA) is 96.3 Å². The number of aliphatic carboxylic acids is 1. The average Bonchev–Trinajstić information content (AvgIpc) is 2.41. The third-order valence-corrected chi connectivity index (χ3v) is 4.44. The Morgan fingerprint density at radius 2 is 2.19 bits per heavy atom. The van der Waals surface area contributed by atoms with Crippen LogP contribution < -0.4 is 0 Å². The Bertz CT molecular complexity index is 567. The molecule has 7 nitrogen and oxygen atoms in total. The standard InChI is InChI=1S/C13H16N2O5S/c1-7(2)14-13(6-20-8(3)16)11(19)15-9(10(17)18)4-5-21-12(13)15/h4,12H,5-6H2,1-3H3,(H,17,18)/t12-,13?/m0/s1. The van der Waals surface area contributed by atoms with Crippen LogP contribution in [-0.2, 0) is 19.1 Å². The Kier molecular flexibility index (Phi) is 4.08. The first-order valence-corrected chi connectivity index (χ1v) is 7.39. The van der Waals surface area contributed by atoms with Gasteiger partial charge in [0, 0.05) is 18.4 Å². The van der Waals surface area contributed by atoms with Gasteiger partial charge in [0.25, 0.3) is 5.91 Å². The second-order valence-electron chi connectivity index (χ2n) is 5.02. The first kappa shape index (κ1) is 15.6. The minimum Gasteiger partial charge on any atom is -0.477 e. The van der Waals surface area contributed by atoms with Gasteiger partial charge in [0.2, 0.25) is 5.54 Å². The number of rotatable bonds is 4. The van der Waals surface area contributed by atoms with Gasteiger partial charge in [0.05, 0.1) is 0 Å². The Morgan fingerprint density at radius 3 is 2.71 bits per heavy atom. The Hall–Kier alpha value is -1.83. The summed E-state index contributed by atoms with van der Waals surface area (Å²) in [6, 6.07) is 0. The Labute approximate surface area is 126 Å². The van der Waals surface area contributed by atoms with Crippen LogP contribution in [0, 0.1) is 0 Å². The van der Waals surface area contributed by atoms with Crippen molar-refractivity contribution in [1.29, 1.82) is 0 Å². The van der Waals surface area contributed by atoms with Gasteiger partial charge in [-0.05, 0) is 19.9 Å². The fourth-order valence-electron chi connectivity index (χ4n) is 2.40. The zero-order chi connectivity index (χ0) is 15.8. The molecule has 0 bridgehead atoms. The predicted molar refractivity (Wildman–Crippen MR) is 77.0 cm³/mol. The molecule has 8 heteroatoms. The van der Waals surface area contributed by atoms with E-state index < -0.39 is 28.8 Å². The number of ether oxygens (including phenoxy) is 1. The number of esters is 1. The van der Waals surface area contributed by atoms with Crippen molar-refractivity contribution < 1.29 is 24.2 Å². The third kappa shape index (κ3) is 2.55. The van der Waals surface area contributed by atoms with Gasteiger partial charge >= 0.3 is 11.9 Å². The zero-order valence-corrected chi connectivity index (χ0v) is 12.8. The van der Waals surface area contributed by atoms with Crippen molar-refractivity contribution >= 4 is 35.3 Å². The Balaban J connectivity index is 2.35. The zero-order valence-electron chi connectivity index (χ0n) is 12.0. The van der Waals surface area contributed by atoms with E-state index in [0.29, 0.717) is 11.5 Å². The second-order valence-corrected chi connectivity index (χ2v) is 6.13. The molecule has 1 fully saturated rings. The summed E-state index contributed by atoms with van der Waals surface area (Å²) in [5.41, 5.74) is -0.585. The number of carboxylic acids is 1. The van der Waals surface area contributed by atoms with E-state index in [1.165, 1.54) is 29.7 Å². The molecule has 0 radical (unpaired) electrons. The van der Waals surface area contributed by atoms with Crippen molar-refractivity contribution in [2.75, 3.05) is 12.4 Å². The summed E-state index contributed by atoms with van der Waals surface area (Å²) in [6.45, 7) is 4.57. The number of amides is 1. The highest BCUT2D eigenvalue weighted by molar-refractivity contribution is 8.00. The monoisotopic (exact) mass is 312 g/mol. The van der Waals surface area contributed by atoms with E-state index in [1.54, 1.807) is 13.8 Å². The number of hydrogen-bond acceptors (Lipinski definition) is 6. The SMILES string of the molecule is CC(=O)OCC1(N=C(C)C)C(=O)N2C(C(=O)O)=CCS[C@H]21. The van der Waals surface area contributed by atoms with Crippen LogP contribution in [0.3, 0.4) is 0 Å². The minimum atomic E-state index is -1.22. The number of β-lactam (4-membered cyclic amide) rings is 1. The molecule has 1 amide bonds. The largest absolute Gasteiger partial charge is 0.477 e. The van der Waals surface area contributed by atoms with Gasteiger partial charge < -0.3 is 9.84 Å². The molecule has 2 aliphatic heterocycles. The van der Waals surface area contributed by atoms with Gasteiger partial charge in [-0.25, -0.2) is 4.79 Å². The van der Waals surface area contributed by atoms with E-state index in [0.717, 1.165) is 0 Å². The van der Waals surface area contributed by atoms with Crippen molar-refractivity contribution in [3.8, 4) is 0 Å². The highest BCUT2D eigenvalue weighted by Crippen LogP contribution is 2.46. The minimum absolute atomic E-state index is 0.0360. The molecular formula is C13H16N2O5S. The molecule has 2 rings (SSSR count). The van der Waals surface area contributed by atoms with Crippen molar-refractivity contribution in [2.45, 2.75) is 31.7 Å². The molecule has 2 atom stereocenters. The fraction of sp³-hybridized carbons (Fsp3) is 0.538. The quantitative estimate of drug-likeness (QED) is 0.465. The third-order valence-electron chi connectivity index (χ3n) is 3.16. The van der Waals surface area contributed by atoms with E-state index >= 15 is 0 Å². The summed E-state index contributed by atoms with van der Waals surface area (Å²) in [7, 11) is 0. The summed E-state index contributed by atoms with van der Waals surface area (Å²) in [6.07, 6.45) is 1.50. The van der Waals surface area contributed by atoms with Gasteiger partial charge in [-0.15, -0.1) is 11.8 Å². The van der Waals surface area contributed by atoms with Crippen molar-refractivity contribution in [1.82, 2.24) is 4.90 Å². The van der Waals surface area contributed by atoms with Crippen molar-refractivity contribution in [3.05, 3.63) is 11.8 Å². The molecule has 0 aromatic heterocycles. The molecule has 114 valence electrons. The van der Waals surface area contributed by atoms with Gasteiger partial charge in [-0.2, -0.15) is 0 Å². The maximum absolute atomic E-state index is 12.5. The normalized spacial score (nSPS) is 27.2. The lowest BCUT2D eigenvalue weighted by molar-refractivity contribution is -0.161. The van der Waals surface area contributed by atoms with Crippen LogP contribution in [0.4, 0.5) is 0 Å². The van der Waals surface area contributed by atoms with Crippen LogP contribution in [0.5, 0.6) is 0 Å². The number of carbonyl (C=O) groups excluding carboxylic acids is 2. The van der Waals surface area contributed by atoms with Gasteiger partial charge in [-0.3, -0.25) is 19.5 Å². The van der Waals surface area contributed by atoms with Crippen LogP contribution in [-0.4, -0.2) is 56.8 Å². The molecule has 0 aromatic rings. The number of fused-ring (bicyclic) bond motifs is 1. The number of carboxylic acid groups (broad SMARTS) is 1. The van der Waals surface area contributed by atoms with E-state index in [4.69, 9.17) is 9.84 Å². The van der Waals surface area contributed by atoms with Gasteiger partial charge in [0.15, 0.2) is 0 Å². The summed E-state index contributed by atoms with van der Waals surface area (Å²) in [5, 5.41) is 8.69. The first-order valence-electron chi connectivity index (χ1n) is 6.34. The maximum atomic E-state index is 12.5. The number of carbonyl (C=O) groups is 3. The van der Waals surface area contributed by atoms with Crippen LogP contribution in [0.2, 0.25) is 0 Å². The molecule has 0 aromatic carbocycles. The molecule has 0 aliphatic carbocycles. The molecule has 0 saturated carbocycles. The van der Waals surface area contributed by atoms with Crippen LogP contribution in [0.15, 0.2) is 16.8 Å². The molecular weight excluding hydrogens is 296 g/mol. The lowest BCUT2D eigenvalue weighted by Crippen LogP contribution is -2.74. The summed E-state index contributed by atoms with van der Waals surface area (Å²) >= 11 is 1.41. The number of nitrogens with zero attached hydrogens (tertiary/aromatic N) is 2. The number of hydrogen-bond donors (Lipinski definition) is 1. The molecule has 0 spiro atoms. The molecule has 1 saturated heterocycles. The lowest BCUT2D eigenvalue weighted by atomic mass is 9.88. The maximum Gasteiger partial charge on any atom is 0.352 e. The number of thioether (sulfide) groups is 1. The first-order chi connectivity index (χ1) is 9.79. The Morgan fingerprint density at radius 1 is 1.52 bits per heavy atom. The summed E-state index contributed by atoms with van der Waals surface area (Å²) in [5.74, 6) is -1.63. The van der Waals surface area contributed by atoms with E-state index in [1.807, 2.05) is 0 Å². The van der Waals surface area contributed by atoms with Crippen LogP contribution >= 0.6 is 11.8 Å². The van der Waals surface area contributed by atoms with Crippen LogP contribution in [0.25, 0.3) is 0 Å². The predicted octanol–water partition coefficient (Wildman–Crippen LogP) is 0.653. The van der Waals surface area contributed by atoms with E-state index in [2.05, 4.69) is 4.99 Å². The number of aliphatic imine (C=N–C) groups is 1. The van der Waals surface area contributed by atoms with Crippen LogP contribution in [0.1, 0.15) is 20.8 Å². The van der Waals surface area contributed by atoms with Crippen molar-refractivity contribution in [2.24, 2.45) is 4.99 Å². The molecule has 2 aliphatic rings. The highest BCUT2D eigenvalue weighted by atomic mass is 32.2. The highest BCUT2D eigenvalue weighted by Gasteiger charge is 2.65. The fourth-order valence-corrected chi connectivity index (χ4v) is 3.69. The molecule has 1 unspecified atom stereocenters. The van der Waals surface area contributed by atoms with Gasteiger partial charge in [0.1, 0.15) is 17.7 Å². The van der Waals surface area contributed by atoms with E-state index in [-0.39, 0.29) is 12.3 Å². The summed E-state index contributed by atoms with van der Waals surface area (Å²) in [4.78, 5) is 40.3. The van der Waals surface area contributed by atoms with Gasteiger partial charge in [-0.1, -0.05) is 0 Å². The smallest absolute Gasteiger partial charge is 0.352 e. The second kappa shape index (κ2) is 5.51. The summed E-state index contributed by atoms with van der Waals surface area (Å²) < 4.78 is 4.99. The molecule has 1 N–H and O–H groups in total. The van der Waals surface area contributed by atoms with E-state index in [9.17, 15) is 14.4 Å². The average molecular weight is 312 g/mol. The lowest BCUT2D eigenvalue weighted by Gasteiger charge is -2.54. The molecule has 2 heterocycles.